The zero-order valence-corrected chi connectivity index (χ0v) is 11.5. The van der Waals surface area contributed by atoms with Crippen LogP contribution in [0.3, 0.4) is 0 Å². The van der Waals surface area contributed by atoms with Gasteiger partial charge in [0.15, 0.2) is 0 Å². The third kappa shape index (κ3) is 2.15. The molecule has 100 valence electrons. The second-order valence-corrected chi connectivity index (χ2v) is 6.34. The van der Waals surface area contributed by atoms with E-state index in [0.29, 0.717) is 35.1 Å². The van der Waals surface area contributed by atoms with Gasteiger partial charge in [-0.3, -0.25) is 19.3 Å². The second kappa shape index (κ2) is 4.61. The van der Waals surface area contributed by atoms with E-state index in [1.165, 1.54) is 16.2 Å². The molecule has 1 aromatic rings. The third-order valence-electron chi connectivity index (χ3n) is 3.39. The van der Waals surface area contributed by atoms with Gasteiger partial charge in [-0.15, -0.1) is 11.3 Å². The van der Waals surface area contributed by atoms with Crippen molar-refractivity contribution in [1.82, 2.24) is 9.80 Å². The van der Waals surface area contributed by atoms with Gasteiger partial charge in [-0.25, -0.2) is 0 Å². The highest BCUT2D eigenvalue weighted by atomic mass is 35.5. The van der Waals surface area contributed by atoms with E-state index in [1.807, 2.05) is 0 Å². The first-order valence-electron chi connectivity index (χ1n) is 5.96. The Balaban J connectivity index is 1.62. The van der Waals surface area contributed by atoms with E-state index in [9.17, 15) is 14.4 Å². The fourth-order valence-electron chi connectivity index (χ4n) is 2.37. The average Bonchev–Trinajstić information content (AvgIpc) is 2.87. The minimum absolute atomic E-state index is 0.0905. The highest BCUT2D eigenvalue weighted by Gasteiger charge is 2.42. The number of nitrogens with zero attached hydrogens (tertiary/aromatic N) is 2. The second-order valence-electron chi connectivity index (χ2n) is 4.63. The van der Waals surface area contributed by atoms with Gasteiger partial charge in [0.2, 0.25) is 11.8 Å². The third-order valence-corrected chi connectivity index (χ3v) is 4.61. The molecule has 19 heavy (non-hydrogen) atoms. The van der Waals surface area contributed by atoms with Crippen molar-refractivity contribution >= 4 is 40.7 Å². The van der Waals surface area contributed by atoms with Crippen LogP contribution in [0.5, 0.6) is 0 Å². The number of likely N-dealkylation sites (tertiary alicyclic amines) is 2. The molecule has 3 amide bonds. The number of hydrogen-bond donors (Lipinski definition) is 0. The maximum atomic E-state index is 12.1. The van der Waals surface area contributed by atoms with Crippen LogP contribution in [-0.4, -0.2) is 46.7 Å². The minimum atomic E-state index is -0.151. The summed E-state index contributed by atoms with van der Waals surface area (Å²) in [5.74, 6) is -0.338. The first-order valence-corrected chi connectivity index (χ1v) is 7.15. The zero-order chi connectivity index (χ0) is 13.6. The van der Waals surface area contributed by atoms with Crippen LogP contribution >= 0.6 is 22.9 Å². The quantitative estimate of drug-likeness (QED) is 0.775. The van der Waals surface area contributed by atoms with Crippen molar-refractivity contribution in [3.05, 3.63) is 21.3 Å². The Morgan fingerprint density at radius 1 is 1.21 bits per heavy atom. The van der Waals surface area contributed by atoms with Gasteiger partial charge in [-0.2, -0.15) is 0 Å². The van der Waals surface area contributed by atoms with E-state index in [0.717, 1.165) is 0 Å². The van der Waals surface area contributed by atoms with E-state index in [-0.39, 0.29) is 23.8 Å². The summed E-state index contributed by atoms with van der Waals surface area (Å²) in [5.41, 5.74) is 0. The molecule has 7 heteroatoms. The average molecular weight is 299 g/mol. The van der Waals surface area contributed by atoms with E-state index in [2.05, 4.69) is 0 Å². The van der Waals surface area contributed by atoms with Gasteiger partial charge in [0, 0.05) is 25.9 Å². The summed E-state index contributed by atoms with van der Waals surface area (Å²) in [6, 6.07) is 3.22. The van der Waals surface area contributed by atoms with Crippen molar-refractivity contribution in [2.45, 2.75) is 18.9 Å². The van der Waals surface area contributed by atoms with Crippen molar-refractivity contribution in [3.63, 3.8) is 0 Å². The molecule has 3 heterocycles. The van der Waals surface area contributed by atoms with Gasteiger partial charge in [0.05, 0.1) is 15.3 Å². The molecule has 2 aliphatic heterocycles. The molecule has 0 aliphatic carbocycles. The van der Waals surface area contributed by atoms with Gasteiger partial charge in [0.1, 0.15) is 0 Å². The summed E-state index contributed by atoms with van der Waals surface area (Å²) in [6.45, 7) is 0.845. The molecule has 0 bridgehead atoms. The number of carbonyl (C=O) groups excluding carboxylic acids is 3. The van der Waals surface area contributed by atoms with Crippen LogP contribution in [0.15, 0.2) is 12.1 Å². The Labute approximate surface area is 118 Å². The van der Waals surface area contributed by atoms with E-state index in [1.54, 1.807) is 17.0 Å². The first kappa shape index (κ1) is 12.6. The smallest absolute Gasteiger partial charge is 0.264 e. The molecule has 0 atom stereocenters. The predicted octanol–water partition coefficient (Wildman–Crippen LogP) is 1.37. The highest BCUT2D eigenvalue weighted by molar-refractivity contribution is 7.17. The fourth-order valence-corrected chi connectivity index (χ4v) is 3.38. The van der Waals surface area contributed by atoms with E-state index < -0.39 is 0 Å². The molecule has 0 radical (unpaired) electrons. The lowest BCUT2D eigenvalue weighted by Gasteiger charge is -2.42. The van der Waals surface area contributed by atoms with Crippen LogP contribution in [0.1, 0.15) is 22.5 Å². The molecule has 0 N–H and O–H groups in total. The normalized spacial score (nSPS) is 20.1. The van der Waals surface area contributed by atoms with Crippen LogP contribution in [0.2, 0.25) is 4.34 Å². The Morgan fingerprint density at radius 3 is 2.37 bits per heavy atom. The molecule has 0 aromatic carbocycles. The molecule has 1 aromatic heterocycles. The van der Waals surface area contributed by atoms with Gasteiger partial charge in [0.25, 0.3) is 5.91 Å². The lowest BCUT2D eigenvalue weighted by molar-refractivity contribution is -0.144. The van der Waals surface area contributed by atoms with Crippen molar-refractivity contribution < 1.29 is 14.4 Å². The molecule has 3 rings (SSSR count). The van der Waals surface area contributed by atoms with Crippen LogP contribution in [0.4, 0.5) is 0 Å². The Kier molecular flexibility index (Phi) is 3.06. The van der Waals surface area contributed by atoms with Crippen molar-refractivity contribution in [2.75, 3.05) is 13.1 Å². The lowest BCUT2D eigenvalue weighted by Crippen LogP contribution is -2.62. The van der Waals surface area contributed by atoms with E-state index in [4.69, 9.17) is 11.6 Å². The molecule has 2 aliphatic rings. The summed E-state index contributed by atoms with van der Waals surface area (Å²) in [5, 5.41) is 0. The Bertz CT molecular complexity index is 549. The van der Waals surface area contributed by atoms with Crippen LogP contribution < -0.4 is 0 Å². The van der Waals surface area contributed by atoms with Crippen LogP contribution in [0.25, 0.3) is 0 Å². The zero-order valence-electron chi connectivity index (χ0n) is 9.97. The van der Waals surface area contributed by atoms with Crippen LogP contribution in [-0.2, 0) is 9.59 Å². The largest absolute Gasteiger partial charge is 0.334 e. The molecule has 5 nitrogen and oxygen atoms in total. The molecular weight excluding hydrogens is 288 g/mol. The van der Waals surface area contributed by atoms with Crippen molar-refractivity contribution in [3.8, 4) is 0 Å². The summed E-state index contributed by atoms with van der Waals surface area (Å²) >= 11 is 7.03. The maximum absolute atomic E-state index is 12.1. The number of amides is 3. The van der Waals surface area contributed by atoms with Crippen LogP contribution in [0, 0.1) is 0 Å². The summed E-state index contributed by atoms with van der Waals surface area (Å²) in [6.07, 6.45) is 0.591. The van der Waals surface area contributed by atoms with Gasteiger partial charge >= 0.3 is 0 Å². The standard InChI is InChI=1S/C12H11ClN2O3S/c13-9-2-1-8(19-9)12(18)14-5-7(6-14)15-10(16)3-4-11(15)17/h1-2,7H,3-6H2. The summed E-state index contributed by atoms with van der Waals surface area (Å²) < 4.78 is 0.574. The number of carbonyl (C=O) groups is 3. The first-order chi connectivity index (χ1) is 9.06. The summed E-state index contributed by atoms with van der Waals surface area (Å²) in [7, 11) is 0. The Morgan fingerprint density at radius 2 is 1.84 bits per heavy atom. The van der Waals surface area contributed by atoms with Gasteiger partial charge in [-0.05, 0) is 12.1 Å². The maximum Gasteiger partial charge on any atom is 0.264 e. The van der Waals surface area contributed by atoms with E-state index >= 15 is 0 Å². The number of rotatable bonds is 2. The molecular formula is C12H11ClN2O3S. The molecule has 2 saturated heterocycles. The topological polar surface area (TPSA) is 57.7 Å². The fraction of sp³-hybridized carbons (Fsp3) is 0.417. The van der Waals surface area contributed by atoms with Crippen molar-refractivity contribution in [2.24, 2.45) is 0 Å². The number of thiophene rings is 1. The predicted molar refractivity (Wildman–Crippen MR) is 70.1 cm³/mol. The minimum Gasteiger partial charge on any atom is -0.334 e. The SMILES string of the molecule is O=C(c1ccc(Cl)s1)N1CC(N2C(=O)CCC2=O)C1. The number of halogens is 1. The van der Waals surface area contributed by atoms with Gasteiger partial charge < -0.3 is 4.90 Å². The molecule has 0 spiro atoms. The number of hydrogen-bond acceptors (Lipinski definition) is 4. The monoisotopic (exact) mass is 298 g/mol. The van der Waals surface area contributed by atoms with Gasteiger partial charge in [-0.1, -0.05) is 11.6 Å². The molecule has 0 unspecified atom stereocenters. The van der Waals surface area contributed by atoms with Crippen molar-refractivity contribution in [1.29, 1.82) is 0 Å². The Hall–Kier alpha value is -1.40. The summed E-state index contributed by atoms with van der Waals surface area (Å²) in [4.78, 5) is 38.7. The molecule has 0 saturated carbocycles. The number of imide groups is 1. The molecule has 2 fully saturated rings. The highest BCUT2D eigenvalue weighted by Crippen LogP contribution is 2.27. The lowest BCUT2D eigenvalue weighted by atomic mass is 10.1.